The molecule has 0 aliphatic rings. The first-order valence-electron chi connectivity index (χ1n) is 7.41. The van der Waals surface area contributed by atoms with Crippen LogP contribution in [0.4, 0.5) is 0 Å². The number of hydrogen-bond donors (Lipinski definition) is 1. The minimum atomic E-state index is 0.487. The third-order valence-electron chi connectivity index (χ3n) is 3.82. The van der Waals surface area contributed by atoms with Crippen molar-refractivity contribution in [2.75, 3.05) is 0 Å². The Morgan fingerprint density at radius 3 is 2.73 bits per heavy atom. The number of ether oxygens (including phenoxy) is 1. The predicted molar refractivity (Wildman–Crippen MR) is 91.3 cm³/mol. The molecule has 0 saturated heterocycles. The van der Waals surface area contributed by atoms with Crippen molar-refractivity contribution in [1.29, 1.82) is 0 Å². The van der Waals surface area contributed by atoms with Gasteiger partial charge in [0.05, 0.1) is 5.02 Å². The van der Waals surface area contributed by atoms with Crippen LogP contribution in [0.2, 0.25) is 5.02 Å². The zero-order valence-corrected chi connectivity index (χ0v) is 13.3. The molecule has 1 aromatic heterocycles. The third kappa shape index (κ3) is 2.82. The fourth-order valence-corrected chi connectivity index (χ4v) is 2.83. The van der Waals surface area contributed by atoms with E-state index in [1.165, 1.54) is 10.9 Å². The Labute approximate surface area is 135 Å². The molecule has 0 unspecified atom stereocenters. The maximum absolute atomic E-state index is 6.14. The molecule has 3 nitrogen and oxygen atoms in total. The summed E-state index contributed by atoms with van der Waals surface area (Å²) < 4.78 is 8.11. The highest BCUT2D eigenvalue weighted by Gasteiger charge is 2.10. The highest BCUT2D eigenvalue weighted by atomic mass is 35.5. The molecule has 4 heteroatoms. The molecule has 2 N–H and O–H groups in total. The Morgan fingerprint density at radius 2 is 2.00 bits per heavy atom. The fraction of sp³-hybridized carbons (Fsp3) is 0.222. The van der Waals surface area contributed by atoms with E-state index in [9.17, 15) is 0 Å². The van der Waals surface area contributed by atoms with Crippen molar-refractivity contribution in [3.63, 3.8) is 0 Å². The molecule has 3 aromatic rings. The van der Waals surface area contributed by atoms with Gasteiger partial charge in [-0.2, -0.15) is 0 Å². The first-order chi connectivity index (χ1) is 10.7. The van der Waals surface area contributed by atoms with Crippen LogP contribution >= 0.6 is 11.6 Å². The summed E-state index contributed by atoms with van der Waals surface area (Å²) in [5.74, 6) is 0.705. The lowest BCUT2D eigenvalue weighted by Gasteiger charge is -2.07. The van der Waals surface area contributed by atoms with Crippen molar-refractivity contribution in [1.82, 2.24) is 4.57 Å². The molecule has 0 radical (unpaired) electrons. The van der Waals surface area contributed by atoms with E-state index < -0.39 is 0 Å². The monoisotopic (exact) mass is 314 g/mol. The van der Waals surface area contributed by atoms with E-state index in [0.29, 0.717) is 23.9 Å². The number of benzene rings is 2. The van der Waals surface area contributed by atoms with Crippen LogP contribution < -0.4 is 10.5 Å². The van der Waals surface area contributed by atoms with E-state index in [0.717, 1.165) is 17.7 Å². The van der Waals surface area contributed by atoms with Gasteiger partial charge in [-0.05, 0) is 36.8 Å². The van der Waals surface area contributed by atoms with Gasteiger partial charge in [0.1, 0.15) is 12.4 Å². The SMILES string of the molecule is CCn1cc(COc2ccccc2Cl)c2cc(CN)ccc21. The number of nitrogens with zero attached hydrogens (tertiary/aromatic N) is 1. The van der Waals surface area contributed by atoms with Gasteiger partial charge in [-0.1, -0.05) is 29.8 Å². The van der Waals surface area contributed by atoms with Crippen LogP contribution in [0.15, 0.2) is 48.7 Å². The number of hydrogen-bond acceptors (Lipinski definition) is 2. The second-order valence-corrected chi connectivity index (χ2v) is 5.62. The zero-order chi connectivity index (χ0) is 15.5. The van der Waals surface area contributed by atoms with Crippen molar-refractivity contribution in [3.05, 3.63) is 64.8 Å². The summed E-state index contributed by atoms with van der Waals surface area (Å²) in [5, 5.41) is 1.82. The molecule has 114 valence electrons. The van der Waals surface area contributed by atoms with Gasteiger partial charge < -0.3 is 15.0 Å². The molecule has 22 heavy (non-hydrogen) atoms. The van der Waals surface area contributed by atoms with Crippen molar-refractivity contribution in [2.45, 2.75) is 26.6 Å². The maximum Gasteiger partial charge on any atom is 0.138 e. The molecule has 3 rings (SSSR count). The largest absolute Gasteiger partial charge is 0.487 e. The summed E-state index contributed by atoms with van der Waals surface area (Å²) in [6, 6.07) is 13.9. The average Bonchev–Trinajstić information content (AvgIpc) is 2.91. The van der Waals surface area contributed by atoms with E-state index in [1.54, 1.807) is 0 Å². The van der Waals surface area contributed by atoms with Gasteiger partial charge in [-0.15, -0.1) is 0 Å². The summed E-state index contributed by atoms with van der Waals surface area (Å²) in [6.07, 6.45) is 2.14. The first-order valence-corrected chi connectivity index (χ1v) is 7.78. The van der Waals surface area contributed by atoms with Crippen LogP contribution in [0.1, 0.15) is 18.1 Å². The third-order valence-corrected chi connectivity index (χ3v) is 4.14. The second-order valence-electron chi connectivity index (χ2n) is 5.22. The molecule has 2 aromatic carbocycles. The summed E-state index contributed by atoms with van der Waals surface area (Å²) in [7, 11) is 0. The molecule has 0 aliphatic heterocycles. The van der Waals surface area contributed by atoms with Gasteiger partial charge in [0.25, 0.3) is 0 Å². The predicted octanol–water partition coefficient (Wildman–Crippen LogP) is 4.35. The molecule has 0 aliphatic carbocycles. The lowest BCUT2D eigenvalue weighted by Crippen LogP contribution is -1.97. The summed E-state index contributed by atoms with van der Waals surface area (Å²) in [6.45, 7) is 4.08. The highest BCUT2D eigenvalue weighted by molar-refractivity contribution is 6.32. The van der Waals surface area contributed by atoms with Crippen LogP contribution in [0, 0.1) is 0 Å². The fourth-order valence-electron chi connectivity index (χ4n) is 2.64. The van der Waals surface area contributed by atoms with Gasteiger partial charge >= 0.3 is 0 Å². The summed E-state index contributed by atoms with van der Waals surface area (Å²) in [4.78, 5) is 0. The quantitative estimate of drug-likeness (QED) is 0.760. The normalized spacial score (nSPS) is 11.0. The summed E-state index contributed by atoms with van der Waals surface area (Å²) >= 11 is 6.14. The van der Waals surface area contributed by atoms with Gasteiger partial charge in [0.15, 0.2) is 0 Å². The van der Waals surface area contributed by atoms with Crippen LogP contribution in [0.3, 0.4) is 0 Å². The topological polar surface area (TPSA) is 40.2 Å². The van der Waals surface area contributed by atoms with Crippen LogP contribution in [-0.2, 0) is 19.7 Å². The lowest BCUT2D eigenvalue weighted by molar-refractivity contribution is 0.307. The van der Waals surface area contributed by atoms with E-state index in [4.69, 9.17) is 22.1 Å². The molecule has 0 amide bonds. The van der Waals surface area contributed by atoms with Gasteiger partial charge in [0, 0.05) is 35.8 Å². The minimum absolute atomic E-state index is 0.487. The molecule has 0 atom stereocenters. The van der Waals surface area contributed by atoms with Crippen LogP contribution in [0.5, 0.6) is 5.75 Å². The Hall–Kier alpha value is -1.97. The number of rotatable bonds is 5. The highest BCUT2D eigenvalue weighted by Crippen LogP contribution is 2.27. The zero-order valence-electron chi connectivity index (χ0n) is 12.6. The number of halogens is 1. The van der Waals surface area contributed by atoms with Crippen molar-refractivity contribution in [3.8, 4) is 5.75 Å². The first kappa shape index (κ1) is 14.9. The van der Waals surface area contributed by atoms with Gasteiger partial charge in [-0.3, -0.25) is 0 Å². The Balaban J connectivity index is 1.94. The number of fused-ring (bicyclic) bond motifs is 1. The van der Waals surface area contributed by atoms with Crippen molar-refractivity contribution in [2.24, 2.45) is 5.73 Å². The number of para-hydroxylation sites is 1. The number of aromatic nitrogens is 1. The minimum Gasteiger partial charge on any atom is -0.487 e. The molecule has 0 bridgehead atoms. The van der Waals surface area contributed by atoms with Gasteiger partial charge in [-0.25, -0.2) is 0 Å². The van der Waals surface area contributed by atoms with Crippen LogP contribution in [-0.4, -0.2) is 4.57 Å². The van der Waals surface area contributed by atoms with Crippen molar-refractivity contribution >= 4 is 22.5 Å². The number of nitrogens with two attached hydrogens (primary N) is 1. The molecular formula is C18H19ClN2O. The van der Waals surface area contributed by atoms with E-state index in [2.05, 4.69) is 35.9 Å². The molecule has 1 heterocycles. The summed E-state index contributed by atoms with van der Waals surface area (Å²) in [5.41, 5.74) is 9.24. The second kappa shape index (κ2) is 6.42. The van der Waals surface area contributed by atoms with Crippen molar-refractivity contribution < 1.29 is 4.74 Å². The Morgan fingerprint density at radius 1 is 1.18 bits per heavy atom. The maximum atomic E-state index is 6.14. The number of aryl methyl sites for hydroxylation is 1. The van der Waals surface area contributed by atoms with Crippen LogP contribution in [0.25, 0.3) is 10.9 Å². The smallest absolute Gasteiger partial charge is 0.138 e. The van der Waals surface area contributed by atoms with E-state index in [1.807, 2.05) is 24.3 Å². The molecule has 0 spiro atoms. The van der Waals surface area contributed by atoms with E-state index >= 15 is 0 Å². The van der Waals surface area contributed by atoms with E-state index in [-0.39, 0.29) is 0 Å². The molecular weight excluding hydrogens is 296 g/mol. The van der Waals surface area contributed by atoms with Gasteiger partial charge in [0.2, 0.25) is 0 Å². The molecule has 0 saturated carbocycles. The lowest BCUT2D eigenvalue weighted by atomic mass is 10.1. The Bertz CT molecular complexity index is 795. The molecule has 0 fully saturated rings. The standard InChI is InChI=1S/C18H19ClN2O/c1-2-21-11-14(12-22-18-6-4-3-5-16(18)19)15-9-13(10-20)7-8-17(15)21/h3-9,11H,2,10,12,20H2,1H3. The Kier molecular flexibility index (Phi) is 4.36. The average molecular weight is 315 g/mol.